The van der Waals surface area contributed by atoms with Crippen LogP contribution in [0.15, 0.2) is 36.7 Å². The van der Waals surface area contributed by atoms with Gasteiger partial charge in [0.1, 0.15) is 17.7 Å². The molecule has 0 spiro atoms. The second kappa shape index (κ2) is 8.54. The molecular weight excluding hydrogens is 359 g/mol. The first-order valence-corrected chi connectivity index (χ1v) is 9.97. The van der Waals surface area contributed by atoms with E-state index in [4.69, 9.17) is 4.74 Å². The Morgan fingerprint density at radius 1 is 1.04 bits per heavy atom. The number of benzene rings is 1. The van der Waals surface area contributed by atoms with Crippen molar-refractivity contribution >= 4 is 11.9 Å². The minimum atomic E-state index is -0.307. The van der Waals surface area contributed by atoms with E-state index in [1.165, 1.54) is 18.6 Å². The highest BCUT2D eigenvalue weighted by Gasteiger charge is 2.25. The Morgan fingerprint density at radius 2 is 1.75 bits per heavy atom. The Labute approximate surface area is 164 Å². The average Bonchev–Trinajstić information content (AvgIpc) is 2.75. The van der Waals surface area contributed by atoms with Gasteiger partial charge in [0, 0.05) is 57.5 Å². The summed E-state index contributed by atoms with van der Waals surface area (Å²) in [5.41, 5.74) is 0.519. The van der Waals surface area contributed by atoms with Crippen molar-refractivity contribution in [2.75, 3.05) is 31.1 Å². The van der Waals surface area contributed by atoms with E-state index in [-0.39, 0.29) is 17.8 Å². The fraction of sp³-hybridized carbons (Fsp3) is 0.476. The van der Waals surface area contributed by atoms with Crippen molar-refractivity contribution in [1.29, 1.82) is 0 Å². The average molecular weight is 384 g/mol. The lowest BCUT2D eigenvalue weighted by molar-refractivity contribution is 0.0594. The summed E-state index contributed by atoms with van der Waals surface area (Å²) < 4.78 is 19.1. The van der Waals surface area contributed by atoms with Crippen LogP contribution in [0, 0.1) is 5.82 Å². The lowest BCUT2D eigenvalue weighted by atomic mass is 10.1. The molecule has 2 aromatic rings. The molecule has 2 aliphatic heterocycles. The second-order valence-corrected chi connectivity index (χ2v) is 7.39. The van der Waals surface area contributed by atoms with E-state index in [1.54, 1.807) is 24.5 Å². The van der Waals surface area contributed by atoms with E-state index in [9.17, 15) is 9.18 Å². The van der Waals surface area contributed by atoms with E-state index in [2.05, 4.69) is 14.9 Å². The third kappa shape index (κ3) is 4.40. The van der Waals surface area contributed by atoms with Crippen molar-refractivity contribution < 1.29 is 13.9 Å². The Bertz CT molecular complexity index is 800. The molecule has 28 heavy (non-hydrogen) atoms. The van der Waals surface area contributed by atoms with Crippen LogP contribution in [0.1, 0.15) is 42.5 Å². The monoisotopic (exact) mass is 384 g/mol. The Hall–Kier alpha value is -2.70. The van der Waals surface area contributed by atoms with Gasteiger partial charge in [-0.1, -0.05) is 6.07 Å². The standard InChI is InChI=1S/C21H25FN4O2/c22-17-5-4-6-19(13-17)28-18-7-11-25(12-8-18)20(27)16-14-23-21(24-15-16)26-9-2-1-3-10-26/h4-6,13-15,18H,1-3,7-12H2. The lowest BCUT2D eigenvalue weighted by Crippen LogP contribution is -2.42. The summed E-state index contributed by atoms with van der Waals surface area (Å²) >= 11 is 0. The fourth-order valence-corrected chi connectivity index (χ4v) is 3.78. The summed E-state index contributed by atoms with van der Waals surface area (Å²) in [5.74, 6) is 0.887. The van der Waals surface area contributed by atoms with Crippen LogP contribution in [0.5, 0.6) is 5.75 Å². The number of piperidine rings is 2. The van der Waals surface area contributed by atoms with Crippen molar-refractivity contribution in [2.45, 2.75) is 38.2 Å². The molecule has 148 valence electrons. The van der Waals surface area contributed by atoms with Gasteiger partial charge in [0.05, 0.1) is 5.56 Å². The molecule has 7 heteroatoms. The highest BCUT2D eigenvalue weighted by atomic mass is 19.1. The molecule has 1 amide bonds. The molecule has 0 atom stereocenters. The van der Waals surface area contributed by atoms with E-state index in [1.807, 2.05) is 4.90 Å². The predicted molar refractivity (Wildman–Crippen MR) is 104 cm³/mol. The third-order valence-electron chi connectivity index (χ3n) is 5.35. The maximum Gasteiger partial charge on any atom is 0.256 e. The van der Waals surface area contributed by atoms with Gasteiger partial charge in [-0.05, 0) is 31.4 Å². The number of aromatic nitrogens is 2. The number of carbonyl (C=O) groups is 1. The Balaban J connectivity index is 1.31. The molecule has 0 saturated carbocycles. The number of halogens is 1. The largest absolute Gasteiger partial charge is 0.490 e. The first-order chi connectivity index (χ1) is 13.7. The van der Waals surface area contributed by atoms with Gasteiger partial charge in [-0.15, -0.1) is 0 Å². The smallest absolute Gasteiger partial charge is 0.256 e. The molecule has 2 fully saturated rings. The zero-order valence-electron chi connectivity index (χ0n) is 15.9. The number of likely N-dealkylation sites (tertiary alicyclic amines) is 1. The zero-order chi connectivity index (χ0) is 19.3. The van der Waals surface area contributed by atoms with Crippen LogP contribution in [-0.4, -0.2) is 53.1 Å². The fourth-order valence-electron chi connectivity index (χ4n) is 3.78. The van der Waals surface area contributed by atoms with Gasteiger partial charge in [0.25, 0.3) is 5.91 Å². The van der Waals surface area contributed by atoms with Crippen molar-refractivity contribution in [2.24, 2.45) is 0 Å². The van der Waals surface area contributed by atoms with Crippen LogP contribution in [0.25, 0.3) is 0 Å². The van der Waals surface area contributed by atoms with Crippen molar-refractivity contribution in [1.82, 2.24) is 14.9 Å². The van der Waals surface area contributed by atoms with Crippen LogP contribution in [-0.2, 0) is 0 Å². The number of rotatable bonds is 4. The number of carbonyl (C=O) groups excluding carboxylic acids is 1. The number of anilines is 1. The molecule has 0 radical (unpaired) electrons. The van der Waals surface area contributed by atoms with Crippen LogP contribution < -0.4 is 9.64 Å². The van der Waals surface area contributed by atoms with Gasteiger partial charge in [0.2, 0.25) is 5.95 Å². The molecule has 2 saturated heterocycles. The predicted octanol–water partition coefficient (Wildman–Crippen LogP) is 3.29. The summed E-state index contributed by atoms with van der Waals surface area (Å²) in [6, 6.07) is 6.17. The minimum Gasteiger partial charge on any atom is -0.490 e. The van der Waals surface area contributed by atoms with Gasteiger partial charge < -0.3 is 14.5 Å². The van der Waals surface area contributed by atoms with Gasteiger partial charge in [0.15, 0.2) is 0 Å². The van der Waals surface area contributed by atoms with E-state index in [0.717, 1.165) is 38.8 Å². The molecular formula is C21H25FN4O2. The second-order valence-electron chi connectivity index (χ2n) is 7.39. The molecule has 6 nitrogen and oxygen atoms in total. The summed E-state index contributed by atoms with van der Waals surface area (Å²) in [7, 11) is 0. The molecule has 2 aliphatic rings. The van der Waals surface area contributed by atoms with Crippen molar-refractivity contribution in [3.63, 3.8) is 0 Å². The normalized spacial score (nSPS) is 18.2. The topological polar surface area (TPSA) is 58.6 Å². The molecule has 1 aromatic heterocycles. The minimum absolute atomic E-state index is 0.0106. The summed E-state index contributed by atoms with van der Waals surface area (Å²) in [4.78, 5) is 25.5. The molecule has 0 aliphatic carbocycles. The van der Waals surface area contributed by atoms with Gasteiger partial charge >= 0.3 is 0 Å². The molecule has 3 heterocycles. The Kier molecular flexibility index (Phi) is 5.69. The molecule has 1 aromatic carbocycles. The molecule has 0 bridgehead atoms. The first-order valence-electron chi connectivity index (χ1n) is 9.97. The number of hydrogen-bond donors (Lipinski definition) is 0. The molecule has 0 unspecified atom stereocenters. The number of nitrogens with zero attached hydrogens (tertiary/aromatic N) is 4. The Morgan fingerprint density at radius 3 is 2.43 bits per heavy atom. The van der Waals surface area contributed by atoms with Crippen LogP contribution in [0.4, 0.5) is 10.3 Å². The van der Waals surface area contributed by atoms with Crippen molar-refractivity contribution in [3.8, 4) is 5.75 Å². The number of ether oxygens (including phenoxy) is 1. The maximum atomic E-state index is 13.3. The zero-order valence-corrected chi connectivity index (χ0v) is 15.9. The quantitative estimate of drug-likeness (QED) is 0.810. The first kappa shape index (κ1) is 18.7. The third-order valence-corrected chi connectivity index (χ3v) is 5.35. The van der Waals surface area contributed by atoms with Gasteiger partial charge in [-0.3, -0.25) is 4.79 Å². The highest BCUT2D eigenvalue weighted by Crippen LogP contribution is 2.21. The lowest BCUT2D eigenvalue weighted by Gasteiger charge is -2.32. The highest BCUT2D eigenvalue weighted by molar-refractivity contribution is 5.93. The van der Waals surface area contributed by atoms with Crippen LogP contribution in [0.2, 0.25) is 0 Å². The maximum absolute atomic E-state index is 13.3. The molecule has 4 rings (SSSR count). The number of hydrogen-bond acceptors (Lipinski definition) is 5. The summed E-state index contributed by atoms with van der Waals surface area (Å²) in [6.07, 6.45) is 8.27. The number of amides is 1. The summed E-state index contributed by atoms with van der Waals surface area (Å²) in [5, 5.41) is 0. The SMILES string of the molecule is O=C(c1cnc(N2CCCCC2)nc1)N1CCC(Oc2cccc(F)c2)CC1. The van der Waals surface area contributed by atoms with E-state index >= 15 is 0 Å². The summed E-state index contributed by atoms with van der Waals surface area (Å²) in [6.45, 7) is 3.16. The van der Waals surface area contributed by atoms with Gasteiger partial charge in [-0.2, -0.15) is 0 Å². The van der Waals surface area contributed by atoms with Crippen molar-refractivity contribution in [3.05, 3.63) is 48.0 Å². The van der Waals surface area contributed by atoms with E-state index in [0.29, 0.717) is 30.4 Å². The van der Waals surface area contributed by atoms with E-state index < -0.39 is 0 Å². The van der Waals surface area contributed by atoms with Crippen LogP contribution in [0.3, 0.4) is 0 Å². The molecule has 0 N–H and O–H groups in total. The van der Waals surface area contributed by atoms with Crippen LogP contribution >= 0.6 is 0 Å². The van der Waals surface area contributed by atoms with Gasteiger partial charge in [-0.25, -0.2) is 14.4 Å².